The quantitative estimate of drug-likeness (QED) is 0.551. The van der Waals surface area contributed by atoms with Gasteiger partial charge in [-0.25, -0.2) is 4.79 Å². The van der Waals surface area contributed by atoms with Gasteiger partial charge in [-0.05, 0) is 47.9 Å². The number of pyridine rings is 2. The first-order valence-electron chi connectivity index (χ1n) is 9.08. The molecular formula is C22H19F3N4O. The van der Waals surface area contributed by atoms with E-state index < -0.39 is 23.8 Å². The first-order chi connectivity index (χ1) is 14.4. The highest BCUT2D eigenvalue weighted by Gasteiger charge is 2.30. The van der Waals surface area contributed by atoms with Crippen LogP contribution in [0.3, 0.4) is 0 Å². The third-order valence-corrected chi connectivity index (χ3v) is 4.33. The van der Waals surface area contributed by atoms with Gasteiger partial charge in [0.15, 0.2) is 0 Å². The number of urea groups is 1. The normalized spacial score (nSPS) is 12.1. The molecule has 2 aromatic heterocycles. The number of nitrogens with one attached hydrogen (secondary N) is 2. The lowest BCUT2D eigenvalue weighted by Gasteiger charge is -2.22. The fourth-order valence-corrected chi connectivity index (χ4v) is 2.95. The van der Waals surface area contributed by atoms with Crippen molar-refractivity contribution in [1.82, 2.24) is 15.3 Å². The van der Waals surface area contributed by atoms with Crippen molar-refractivity contribution in [2.75, 3.05) is 5.32 Å². The van der Waals surface area contributed by atoms with Crippen LogP contribution in [0.4, 0.5) is 23.7 Å². The number of hydrogen-bond donors (Lipinski definition) is 2. The lowest BCUT2D eigenvalue weighted by Crippen LogP contribution is -2.34. The molecule has 0 bridgehead atoms. The molecule has 0 saturated heterocycles. The molecule has 3 rings (SSSR count). The number of aromatic nitrogens is 2. The van der Waals surface area contributed by atoms with E-state index in [0.29, 0.717) is 23.4 Å². The monoisotopic (exact) mass is 412 g/mol. The number of amides is 2. The summed E-state index contributed by atoms with van der Waals surface area (Å²) in [4.78, 5) is 20.9. The molecule has 30 heavy (non-hydrogen) atoms. The molecule has 1 atom stereocenters. The highest BCUT2D eigenvalue weighted by molar-refractivity contribution is 5.89. The highest BCUT2D eigenvalue weighted by atomic mass is 19.4. The largest absolute Gasteiger partial charge is 0.416 e. The summed E-state index contributed by atoms with van der Waals surface area (Å²) in [5, 5.41) is 5.46. The fourth-order valence-electron chi connectivity index (χ4n) is 2.95. The van der Waals surface area contributed by atoms with Gasteiger partial charge in [0.1, 0.15) is 0 Å². The van der Waals surface area contributed by atoms with Crippen LogP contribution >= 0.6 is 0 Å². The molecule has 0 radical (unpaired) electrons. The zero-order chi connectivity index (χ0) is 21.6. The van der Waals surface area contributed by atoms with Gasteiger partial charge in [0.05, 0.1) is 29.2 Å². The van der Waals surface area contributed by atoms with Crippen molar-refractivity contribution < 1.29 is 18.0 Å². The number of halogens is 3. The molecule has 0 aliphatic carbocycles. The van der Waals surface area contributed by atoms with Crippen LogP contribution in [0.25, 0.3) is 0 Å². The van der Waals surface area contributed by atoms with E-state index in [1.54, 1.807) is 36.7 Å². The lowest BCUT2D eigenvalue weighted by atomic mass is 9.97. The number of benzene rings is 1. The van der Waals surface area contributed by atoms with E-state index in [1.807, 2.05) is 6.07 Å². The maximum atomic E-state index is 13.0. The van der Waals surface area contributed by atoms with E-state index in [-0.39, 0.29) is 0 Å². The second kappa shape index (κ2) is 9.21. The molecule has 2 amide bonds. The summed E-state index contributed by atoms with van der Waals surface area (Å²) in [6.07, 6.45) is 2.37. The van der Waals surface area contributed by atoms with Crippen molar-refractivity contribution >= 4 is 11.7 Å². The molecule has 2 heterocycles. The maximum Gasteiger partial charge on any atom is 0.416 e. The maximum absolute atomic E-state index is 13.0. The zero-order valence-corrected chi connectivity index (χ0v) is 15.9. The van der Waals surface area contributed by atoms with E-state index in [2.05, 4.69) is 27.2 Å². The van der Waals surface area contributed by atoms with Gasteiger partial charge in [-0.2, -0.15) is 13.2 Å². The van der Waals surface area contributed by atoms with Crippen molar-refractivity contribution in [2.45, 2.75) is 18.6 Å². The first-order valence-corrected chi connectivity index (χ1v) is 9.08. The lowest BCUT2D eigenvalue weighted by molar-refractivity contribution is -0.137. The topological polar surface area (TPSA) is 66.9 Å². The van der Waals surface area contributed by atoms with Crippen molar-refractivity contribution in [1.29, 1.82) is 0 Å². The van der Waals surface area contributed by atoms with Gasteiger partial charge >= 0.3 is 12.2 Å². The Labute approximate surface area is 171 Å². The number of rotatable bonds is 6. The second-order valence-electron chi connectivity index (χ2n) is 6.43. The van der Waals surface area contributed by atoms with Crippen molar-refractivity contribution in [3.05, 3.63) is 102 Å². The van der Waals surface area contributed by atoms with E-state index in [0.717, 1.165) is 17.7 Å². The van der Waals surface area contributed by atoms with Gasteiger partial charge in [0.25, 0.3) is 0 Å². The molecule has 5 nitrogen and oxygen atoms in total. The van der Waals surface area contributed by atoms with E-state index in [9.17, 15) is 18.0 Å². The second-order valence-corrected chi connectivity index (χ2v) is 6.43. The third-order valence-electron chi connectivity index (χ3n) is 4.33. The van der Waals surface area contributed by atoms with Crippen LogP contribution in [-0.4, -0.2) is 16.0 Å². The smallest absolute Gasteiger partial charge is 0.325 e. The molecule has 0 aliphatic rings. The van der Waals surface area contributed by atoms with E-state index >= 15 is 0 Å². The number of anilines is 1. The summed E-state index contributed by atoms with van der Waals surface area (Å²) < 4.78 is 38.9. The van der Waals surface area contributed by atoms with Crippen molar-refractivity contribution in [3.8, 4) is 0 Å². The van der Waals surface area contributed by atoms with Crippen LogP contribution in [0.15, 0.2) is 79.8 Å². The molecule has 0 fully saturated rings. The summed E-state index contributed by atoms with van der Waals surface area (Å²) in [6, 6.07) is 10.3. The Morgan fingerprint density at radius 3 is 2.47 bits per heavy atom. The molecule has 1 unspecified atom stereocenters. The summed E-state index contributed by atoms with van der Waals surface area (Å²) in [5.74, 6) is 0. The summed E-state index contributed by atoms with van der Waals surface area (Å²) in [6.45, 7) is 3.73. The average Bonchev–Trinajstić information content (AvgIpc) is 2.73. The molecule has 8 heteroatoms. The van der Waals surface area contributed by atoms with Gasteiger partial charge in [0.2, 0.25) is 0 Å². The number of hydrogen-bond acceptors (Lipinski definition) is 3. The molecular weight excluding hydrogens is 393 g/mol. The Balaban J connectivity index is 1.95. The summed E-state index contributed by atoms with van der Waals surface area (Å²) in [5.41, 5.74) is 1.51. The third kappa shape index (κ3) is 5.22. The van der Waals surface area contributed by atoms with Crippen LogP contribution in [0.2, 0.25) is 0 Å². The molecule has 2 N–H and O–H groups in total. The SMILES string of the molecule is C=CCc1cccnc1C(NC(=O)Nc1cccnc1)c1ccc(C(F)(F)F)cc1. The zero-order valence-electron chi connectivity index (χ0n) is 15.9. The minimum absolute atomic E-state index is 0.466. The summed E-state index contributed by atoms with van der Waals surface area (Å²) >= 11 is 0. The van der Waals surface area contributed by atoms with E-state index in [1.165, 1.54) is 18.3 Å². The average molecular weight is 412 g/mol. The van der Waals surface area contributed by atoms with Crippen LogP contribution in [0.5, 0.6) is 0 Å². The predicted octanol–water partition coefficient (Wildman–Crippen LogP) is 5.14. The van der Waals surface area contributed by atoms with Crippen molar-refractivity contribution in [2.24, 2.45) is 0 Å². The Hall–Kier alpha value is -3.68. The minimum atomic E-state index is -4.45. The Kier molecular flexibility index (Phi) is 6.46. The predicted molar refractivity (Wildman–Crippen MR) is 108 cm³/mol. The molecule has 0 aliphatic heterocycles. The van der Waals surface area contributed by atoms with Crippen LogP contribution in [0.1, 0.15) is 28.4 Å². The first kappa shape index (κ1) is 21.0. The number of carbonyl (C=O) groups excluding carboxylic acids is 1. The molecule has 1 aromatic carbocycles. The standard InChI is InChI=1S/C22H19F3N4O/c1-2-5-15-6-3-13-27-19(15)20(16-8-10-17(11-9-16)22(23,24)25)29-21(30)28-18-7-4-12-26-14-18/h2-4,6-14,20H,1,5H2,(H2,28,29,30). The van der Waals surface area contributed by atoms with Gasteiger partial charge in [-0.15, -0.1) is 6.58 Å². The van der Waals surface area contributed by atoms with Gasteiger partial charge in [-0.3, -0.25) is 9.97 Å². The van der Waals surface area contributed by atoms with Gasteiger partial charge in [0, 0.05) is 12.4 Å². The Morgan fingerprint density at radius 2 is 1.83 bits per heavy atom. The van der Waals surface area contributed by atoms with Crippen LogP contribution in [0, 0.1) is 0 Å². The molecule has 154 valence electrons. The minimum Gasteiger partial charge on any atom is -0.325 e. The fraction of sp³-hybridized carbons (Fsp3) is 0.136. The van der Waals surface area contributed by atoms with Gasteiger partial charge < -0.3 is 10.6 Å². The Bertz CT molecular complexity index is 1000. The summed E-state index contributed by atoms with van der Waals surface area (Å²) in [7, 11) is 0. The van der Waals surface area contributed by atoms with Crippen molar-refractivity contribution in [3.63, 3.8) is 0 Å². The van der Waals surface area contributed by atoms with Crippen LogP contribution < -0.4 is 10.6 Å². The number of allylic oxidation sites excluding steroid dienone is 1. The number of alkyl halides is 3. The highest BCUT2D eigenvalue weighted by Crippen LogP contribution is 2.31. The molecule has 3 aromatic rings. The number of nitrogens with zero attached hydrogens (tertiary/aromatic N) is 2. The van der Waals surface area contributed by atoms with Gasteiger partial charge in [-0.1, -0.05) is 24.3 Å². The molecule has 0 saturated carbocycles. The Morgan fingerprint density at radius 1 is 1.10 bits per heavy atom. The molecule has 0 spiro atoms. The van der Waals surface area contributed by atoms with E-state index in [4.69, 9.17) is 0 Å². The van der Waals surface area contributed by atoms with Crippen LogP contribution in [-0.2, 0) is 12.6 Å². The number of carbonyl (C=O) groups is 1.